The minimum Gasteiger partial charge on any atom is -0.494 e. The van der Waals surface area contributed by atoms with Gasteiger partial charge in [-0.05, 0) is 108 Å². The largest absolute Gasteiger partial charge is 0.494 e. The first-order valence-corrected chi connectivity index (χ1v) is 18.8. The minimum absolute atomic E-state index is 0.0212. The van der Waals surface area contributed by atoms with Crippen LogP contribution >= 0.6 is 0 Å². The van der Waals surface area contributed by atoms with E-state index in [9.17, 15) is 14.4 Å². The Bertz CT molecular complexity index is 2040. The van der Waals surface area contributed by atoms with Gasteiger partial charge in [0, 0.05) is 56.0 Å². The van der Waals surface area contributed by atoms with E-state index in [1.54, 1.807) is 40.9 Å². The molecule has 3 amide bonds. The standard InChI is InChI=1S/C40H51FN6O6/c1-24-35(43-47-21-28(18-33(52-6)36(24)47)38(49)45-13-7-8-30(22-45)53-39(50)42-40(2,3)4)32-17-27-16-29(41)19-31(37(27)46(32)20-25-9-10-25)26-11-14-44(15-12-26)34(48)23-51-5/h16-19,21,25-26,30H,7-15,20,22-23H2,1-6H3,(H,42,50)/t30-/m1/s1. The number of benzene rings is 1. The predicted molar refractivity (Wildman–Crippen MR) is 199 cm³/mol. The molecule has 1 aliphatic carbocycles. The number of amides is 3. The third-order valence-electron chi connectivity index (χ3n) is 10.7. The van der Waals surface area contributed by atoms with Crippen molar-refractivity contribution in [3.63, 3.8) is 0 Å². The van der Waals surface area contributed by atoms with Crippen LogP contribution in [0.25, 0.3) is 27.8 Å². The Labute approximate surface area is 309 Å². The fourth-order valence-electron chi connectivity index (χ4n) is 8.01. The highest BCUT2D eigenvalue weighted by molar-refractivity contribution is 5.96. The van der Waals surface area contributed by atoms with Gasteiger partial charge in [0.15, 0.2) is 0 Å². The maximum absolute atomic E-state index is 15.4. The molecule has 0 unspecified atom stereocenters. The summed E-state index contributed by atoms with van der Waals surface area (Å²) in [5, 5.41) is 8.73. The van der Waals surface area contributed by atoms with Crippen molar-refractivity contribution in [2.45, 2.75) is 90.3 Å². The van der Waals surface area contributed by atoms with Crippen LogP contribution in [0, 0.1) is 18.7 Å². The first-order chi connectivity index (χ1) is 25.3. The Morgan fingerprint density at radius 3 is 2.40 bits per heavy atom. The van der Waals surface area contributed by atoms with Gasteiger partial charge in [-0.2, -0.15) is 5.10 Å². The van der Waals surface area contributed by atoms with Crippen molar-refractivity contribution >= 4 is 34.3 Å². The zero-order valence-electron chi connectivity index (χ0n) is 31.7. The lowest BCUT2D eigenvalue weighted by Crippen LogP contribution is -2.47. The van der Waals surface area contributed by atoms with Gasteiger partial charge >= 0.3 is 6.09 Å². The molecule has 5 heterocycles. The Morgan fingerprint density at radius 2 is 1.72 bits per heavy atom. The molecule has 3 fully saturated rings. The minimum atomic E-state index is -0.492. The van der Waals surface area contributed by atoms with E-state index in [1.165, 1.54) is 7.11 Å². The molecule has 0 radical (unpaired) electrons. The van der Waals surface area contributed by atoms with Crippen molar-refractivity contribution in [1.82, 2.24) is 29.3 Å². The number of aryl methyl sites for hydroxylation is 1. The molecule has 284 valence electrons. The Morgan fingerprint density at radius 1 is 0.962 bits per heavy atom. The van der Waals surface area contributed by atoms with Gasteiger partial charge in [0.1, 0.15) is 35.5 Å². The van der Waals surface area contributed by atoms with E-state index >= 15 is 4.39 Å². The number of hydrogen-bond donors (Lipinski definition) is 1. The number of piperidine rings is 2. The van der Waals surface area contributed by atoms with Gasteiger partial charge < -0.3 is 33.9 Å². The van der Waals surface area contributed by atoms with Crippen LogP contribution in [0.15, 0.2) is 30.5 Å². The molecule has 1 saturated carbocycles. The lowest BCUT2D eigenvalue weighted by molar-refractivity contribution is -0.136. The second kappa shape index (κ2) is 14.6. The quantitative estimate of drug-likeness (QED) is 0.215. The van der Waals surface area contributed by atoms with Crippen LogP contribution in [-0.4, -0.2) is 101 Å². The van der Waals surface area contributed by atoms with Gasteiger partial charge in [-0.1, -0.05) is 0 Å². The molecule has 1 N–H and O–H groups in total. The number of nitrogens with one attached hydrogen (secondary N) is 1. The number of aromatic nitrogens is 3. The third-order valence-corrected chi connectivity index (χ3v) is 10.7. The van der Waals surface area contributed by atoms with Crippen molar-refractivity contribution < 1.29 is 33.0 Å². The summed E-state index contributed by atoms with van der Waals surface area (Å²) in [5.74, 6) is 0.660. The number of ether oxygens (including phenoxy) is 3. The number of rotatable bonds is 9. The number of fused-ring (bicyclic) bond motifs is 2. The van der Waals surface area contributed by atoms with E-state index in [2.05, 4.69) is 9.88 Å². The zero-order chi connectivity index (χ0) is 37.6. The lowest BCUT2D eigenvalue weighted by Gasteiger charge is -2.33. The number of alkyl carbamates (subject to hydrolysis) is 1. The zero-order valence-corrected chi connectivity index (χ0v) is 31.7. The molecular formula is C40H51FN6O6. The Balaban J connectivity index is 1.22. The highest BCUT2D eigenvalue weighted by Gasteiger charge is 2.32. The van der Waals surface area contributed by atoms with Gasteiger partial charge in [-0.3, -0.25) is 9.59 Å². The summed E-state index contributed by atoms with van der Waals surface area (Å²) in [6, 6.07) is 7.08. The molecular weight excluding hydrogens is 679 g/mol. The second-order valence-corrected chi connectivity index (χ2v) is 16.0. The predicted octanol–water partition coefficient (Wildman–Crippen LogP) is 6.30. The van der Waals surface area contributed by atoms with E-state index in [1.807, 2.05) is 38.7 Å². The summed E-state index contributed by atoms with van der Waals surface area (Å²) >= 11 is 0. The van der Waals surface area contributed by atoms with E-state index < -0.39 is 17.7 Å². The average Bonchev–Trinajstić information content (AvgIpc) is 3.79. The SMILES string of the molecule is COCC(=O)N1CCC(c2cc(F)cc3cc(-c4nn5cc(C(=O)N6CCC[C@@H](OC(=O)NC(C)(C)C)C6)cc(OC)c5c4C)n(CC4CC4)c23)CC1. The summed E-state index contributed by atoms with van der Waals surface area (Å²) in [4.78, 5) is 42.5. The number of carbonyl (C=O) groups is 3. The van der Waals surface area contributed by atoms with Gasteiger partial charge in [0.2, 0.25) is 5.91 Å². The van der Waals surface area contributed by atoms with Crippen LogP contribution < -0.4 is 10.1 Å². The van der Waals surface area contributed by atoms with Crippen molar-refractivity contribution in [2.75, 3.05) is 47.0 Å². The summed E-state index contributed by atoms with van der Waals surface area (Å²) in [5.41, 5.74) is 5.26. The summed E-state index contributed by atoms with van der Waals surface area (Å²) in [7, 11) is 3.11. The number of pyridine rings is 1. The summed E-state index contributed by atoms with van der Waals surface area (Å²) < 4.78 is 36.0. The van der Waals surface area contributed by atoms with Gasteiger partial charge in [-0.15, -0.1) is 0 Å². The van der Waals surface area contributed by atoms with Gasteiger partial charge in [-0.25, -0.2) is 13.7 Å². The lowest BCUT2D eigenvalue weighted by atomic mass is 9.88. The molecule has 4 aromatic rings. The maximum Gasteiger partial charge on any atom is 0.407 e. The molecule has 1 atom stereocenters. The molecule has 2 saturated heterocycles. The second-order valence-electron chi connectivity index (χ2n) is 16.0. The van der Waals surface area contributed by atoms with Crippen molar-refractivity contribution in [3.05, 3.63) is 53.0 Å². The molecule has 7 rings (SSSR count). The molecule has 13 heteroatoms. The van der Waals surface area contributed by atoms with E-state index in [4.69, 9.17) is 19.3 Å². The number of nitrogens with zero attached hydrogens (tertiary/aromatic N) is 5. The van der Waals surface area contributed by atoms with Crippen molar-refractivity contribution in [3.8, 4) is 17.1 Å². The van der Waals surface area contributed by atoms with E-state index in [0.717, 1.165) is 71.2 Å². The normalized spacial score (nSPS) is 18.5. The van der Waals surface area contributed by atoms with Crippen molar-refractivity contribution in [1.29, 1.82) is 0 Å². The molecule has 12 nitrogen and oxygen atoms in total. The summed E-state index contributed by atoms with van der Waals surface area (Å²) in [6.07, 6.45) is 6.00. The van der Waals surface area contributed by atoms with Gasteiger partial charge in [0.05, 0.1) is 30.4 Å². The van der Waals surface area contributed by atoms with Crippen LogP contribution in [0.4, 0.5) is 9.18 Å². The third kappa shape index (κ3) is 7.71. The fraction of sp³-hybridized carbons (Fsp3) is 0.550. The smallest absolute Gasteiger partial charge is 0.407 e. The highest BCUT2D eigenvalue weighted by atomic mass is 19.1. The van der Waals surface area contributed by atoms with Crippen LogP contribution in [-0.2, 0) is 20.8 Å². The topological polar surface area (TPSA) is 120 Å². The molecule has 0 bridgehead atoms. The maximum atomic E-state index is 15.4. The molecule has 3 aliphatic rings. The molecule has 2 aliphatic heterocycles. The average molecular weight is 731 g/mol. The van der Waals surface area contributed by atoms with Crippen LogP contribution in [0.1, 0.15) is 86.7 Å². The van der Waals surface area contributed by atoms with Crippen molar-refractivity contribution in [2.24, 2.45) is 5.92 Å². The number of halogens is 1. The number of likely N-dealkylation sites (tertiary alicyclic amines) is 2. The molecule has 53 heavy (non-hydrogen) atoms. The van der Waals surface area contributed by atoms with Gasteiger partial charge in [0.25, 0.3) is 5.91 Å². The van der Waals surface area contributed by atoms with Crippen LogP contribution in [0.5, 0.6) is 5.75 Å². The molecule has 3 aromatic heterocycles. The fourth-order valence-corrected chi connectivity index (χ4v) is 8.01. The Kier molecular flexibility index (Phi) is 10.1. The summed E-state index contributed by atoms with van der Waals surface area (Å²) in [6.45, 7) is 10.6. The van der Waals surface area contributed by atoms with E-state index in [-0.39, 0.29) is 30.2 Å². The number of methoxy groups -OCH3 is 2. The highest BCUT2D eigenvalue weighted by Crippen LogP contribution is 2.42. The molecule has 0 spiro atoms. The first-order valence-electron chi connectivity index (χ1n) is 18.8. The Hall–Kier alpha value is -4.65. The van der Waals surface area contributed by atoms with Crippen LogP contribution in [0.2, 0.25) is 0 Å². The number of carbonyl (C=O) groups excluding carboxylic acids is 3. The van der Waals surface area contributed by atoms with E-state index in [0.29, 0.717) is 56.3 Å². The monoisotopic (exact) mass is 730 g/mol. The molecule has 1 aromatic carbocycles. The first kappa shape index (κ1) is 36.7. The number of hydrogen-bond acceptors (Lipinski definition) is 7. The van der Waals surface area contributed by atoms with Crippen LogP contribution in [0.3, 0.4) is 0 Å².